The first kappa shape index (κ1) is 12.9. The average Bonchev–Trinajstić information content (AvgIpc) is 2.35. The van der Waals surface area contributed by atoms with Crippen molar-refractivity contribution in [2.75, 3.05) is 12.1 Å². The van der Waals surface area contributed by atoms with E-state index in [0.717, 1.165) is 5.01 Å². The predicted octanol–water partition coefficient (Wildman–Crippen LogP) is 0.0450. The minimum absolute atomic E-state index is 0.222. The van der Waals surface area contributed by atoms with Crippen molar-refractivity contribution in [1.82, 2.24) is 5.43 Å². The second-order valence-corrected chi connectivity index (χ2v) is 3.28. The minimum atomic E-state index is -0.735. The Labute approximate surface area is 98.3 Å². The molecule has 0 aromatic heterocycles. The summed E-state index contributed by atoms with van der Waals surface area (Å²) in [6.07, 6.45) is 0. The number of carbonyl (C=O) groups is 2. The van der Waals surface area contributed by atoms with Gasteiger partial charge in [-0.3, -0.25) is 5.43 Å². The Morgan fingerprint density at radius 3 is 2.59 bits per heavy atom. The Morgan fingerprint density at radius 1 is 1.41 bits per heavy atom. The van der Waals surface area contributed by atoms with Crippen LogP contribution in [0.4, 0.5) is 10.5 Å². The van der Waals surface area contributed by atoms with Gasteiger partial charge in [-0.2, -0.15) is 0 Å². The van der Waals surface area contributed by atoms with Crippen LogP contribution in [0.2, 0.25) is 0 Å². The molecular weight excluding hydrogens is 224 g/mol. The Balaban J connectivity index is 3.28. The van der Waals surface area contributed by atoms with Crippen molar-refractivity contribution in [3.63, 3.8) is 0 Å². The highest BCUT2D eigenvalue weighted by atomic mass is 16.5. The molecule has 0 aliphatic heterocycles. The Bertz CT molecular complexity index is 447. The SMILES string of the molecule is COC(=O)c1c(C)cccc1N(N)C(=O)NN. The van der Waals surface area contributed by atoms with Gasteiger partial charge in [-0.15, -0.1) is 0 Å². The molecule has 1 rings (SSSR count). The van der Waals surface area contributed by atoms with Gasteiger partial charge in [-0.25, -0.2) is 26.3 Å². The van der Waals surface area contributed by atoms with Gasteiger partial charge in [0.2, 0.25) is 0 Å². The van der Waals surface area contributed by atoms with Gasteiger partial charge in [0.1, 0.15) is 0 Å². The molecule has 5 N–H and O–H groups in total. The monoisotopic (exact) mass is 238 g/mol. The van der Waals surface area contributed by atoms with Crippen LogP contribution in [-0.4, -0.2) is 19.1 Å². The van der Waals surface area contributed by atoms with Crippen LogP contribution in [0.25, 0.3) is 0 Å². The summed E-state index contributed by atoms with van der Waals surface area (Å²) in [5.41, 5.74) is 2.97. The number of aryl methyl sites for hydroxylation is 1. The normalized spacial score (nSPS) is 9.65. The number of methoxy groups -OCH3 is 1. The van der Waals surface area contributed by atoms with Gasteiger partial charge < -0.3 is 4.74 Å². The maximum absolute atomic E-state index is 11.6. The lowest BCUT2D eigenvalue weighted by Gasteiger charge is -2.19. The molecule has 17 heavy (non-hydrogen) atoms. The zero-order valence-corrected chi connectivity index (χ0v) is 9.56. The number of benzene rings is 1. The molecule has 0 radical (unpaired) electrons. The van der Waals surface area contributed by atoms with Crippen LogP contribution in [-0.2, 0) is 4.74 Å². The molecule has 7 heteroatoms. The summed E-state index contributed by atoms with van der Waals surface area (Å²) in [7, 11) is 1.25. The molecule has 0 aliphatic rings. The highest BCUT2D eigenvalue weighted by Gasteiger charge is 2.20. The van der Waals surface area contributed by atoms with Gasteiger partial charge in [-0.1, -0.05) is 12.1 Å². The quantitative estimate of drug-likeness (QED) is 0.292. The summed E-state index contributed by atoms with van der Waals surface area (Å²) in [5, 5.41) is 0.749. The molecule has 1 aromatic rings. The Kier molecular flexibility index (Phi) is 4.02. The summed E-state index contributed by atoms with van der Waals surface area (Å²) in [6, 6.07) is 4.17. The van der Waals surface area contributed by atoms with Crippen LogP contribution in [0.5, 0.6) is 0 Å². The van der Waals surface area contributed by atoms with Crippen LogP contribution in [0.3, 0.4) is 0 Å². The largest absolute Gasteiger partial charge is 0.465 e. The molecule has 92 valence electrons. The van der Waals surface area contributed by atoms with Crippen LogP contribution in [0, 0.1) is 6.92 Å². The molecule has 0 heterocycles. The van der Waals surface area contributed by atoms with E-state index in [-0.39, 0.29) is 11.3 Å². The summed E-state index contributed by atoms with van der Waals surface area (Å²) in [4.78, 5) is 22.9. The number of nitrogens with zero attached hydrogens (tertiary/aromatic N) is 1. The molecule has 0 saturated heterocycles. The molecule has 0 saturated carbocycles. The highest BCUT2D eigenvalue weighted by Crippen LogP contribution is 2.22. The van der Waals surface area contributed by atoms with Crippen LogP contribution in [0.15, 0.2) is 18.2 Å². The molecule has 0 aliphatic carbocycles. The Morgan fingerprint density at radius 2 is 2.06 bits per heavy atom. The van der Waals surface area contributed by atoms with Crippen molar-refractivity contribution in [1.29, 1.82) is 0 Å². The van der Waals surface area contributed by atoms with Crippen molar-refractivity contribution in [3.05, 3.63) is 29.3 Å². The number of urea groups is 1. The molecule has 0 bridgehead atoms. The van der Waals surface area contributed by atoms with E-state index in [2.05, 4.69) is 4.74 Å². The van der Waals surface area contributed by atoms with Crippen molar-refractivity contribution in [2.45, 2.75) is 6.92 Å². The first-order valence-corrected chi connectivity index (χ1v) is 4.76. The number of carbonyl (C=O) groups excluding carboxylic acids is 2. The van der Waals surface area contributed by atoms with Crippen LogP contribution >= 0.6 is 0 Å². The number of hydrazine groups is 2. The summed E-state index contributed by atoms with van der Waals surface area (Å²) in [6.45, 7) is 1.71. The van der Waals surface area contributed by atoms with Crippen LogP contribution in [0.1, 0.15) is 15.9 Å². The fourth-order valence-electron chi connectivity index (χ4n) is 1.40. The average molecular weight is 238 g/mol. The number of nitrogens with two attached hydrogens (primary N) is 2. The third-order valence-electron chi connectivity index (χ3n) is 2.24. The van der Waals surface area contributed by atoms with E-state index < -0.39 is 12.0 Å². The van der Waals surface area contributed by atoms with Gasteiger partial charge in [-0.05, 0) is 18.6 Å². The lowest BCUT2D eigenvalue weighted by atomic mass is 10.1. The summed E-state index contributed by atoms with van der Waals surface area (Å²) >= 11 is 0. The topological polar surface area (TPSA) is 111 Å². The van der Waals surface area contributed by atoms with E-state index in [1.165, 1.54) is 13.2 Å². The van der Waals surface area contributed by atoms with E-state index in [1.807, 2.05) is 5.43 Å². The van der Waals surface area contributed by atoms with Gasteiger partial charge >= 0.3 is 12.0 Å². The van der Waals surface area contributed by atoms with Crippen molar-refractivity contribution >= 4 is 17.7 Å². The van der Waals surface area contributed by atoms with Gasteiger partial charge in [0.25, 0.3) is 0 Å². The number of nitrogens with one attached hydrogen (secondary N) is 1. The summed E-state index contributed by atoms with van der Waals surface area (Å²) < 4.78 is 4.64. The molecule has 0 unspecified atom stereocenters. The number of ether oxygens (including phenoxy) is 1. The fourth-order valence-corrected chi connectivity index (χ4v) is 1.40. The van der Waals surface area contributed by atoms with Gasteiger partial charge in [0, 0.05) is 0 Å². The first-order chi connectivity index (χ1) is 8.02. The second kappa shape index (κ2) is 5.28. The molecule has 0 fully saturated rings. The van der Waals surface area contributed by atoms with E-state index in [1.54, 1.807) is 19.1 Å². The van der Waals surface area contributed by atoms with Gasteiger partial charge in [0.15, 0.2) is 0 Å². The number of amides is 2. The maximum atomic E-state index is 11.6. The molecule has 0 spiro atoms. The standard InChI is InChI=1S/C10H14N4O3/c1-6-4-3-5-7(8(6)9(15)17-2)14(12)10(16)13-11/h3-5H,11-12H2,1-2H3,(H,13,16). The lowest BCUT2D eigenvalue weighted by Crippen LogP contribution is -2.48. The van der Waals surface area contributed by atoms with Crippen LogP contribution < -0.4 is 22.1 Å². The van der Waals surface area contributed by atoms with Gasteiger partial charge in [0.05, 0.1) is 18.4 Å². The number of hydrogen-bond acceptors (Lipinski definition) is 5. The minimum Gasteiger partial charge on any atom is -0.465 e. The number of hydrogen-bond donors (Lipinski definition) is 3. The molecule has 1 aromatic carbocycles. The van der Waals surface area contributed by atoms with E-state index in [0.29, 0.717) is 5.56 Å². The zero-order valence-electron chi connectivity index (χ0n) is 9.56. The fraction of sp³-hybridized carbons (Fsp3) is 0.200. The van der Waals surface area contributed by atoms with E-state index in [9.17, 15) is 9.59 Å². The van der Waals surface area contributed by atoms with Crippen molar-refractivity contribution in [3.8, 4) is 0 Å². The zero-order chi connectivity index (χ0) is 13.0. The summed E-state index contributed by atoms with van der Waals surface area (Å²) in [5.74, 6) is 9.94. The first-order valence-electron chi connectivity index (χ1n) is 4.76. The third kappa shape index (κ3) is 2.52. The molecule has 7 nitrogen and oxygen atoms in total. The lowest BCUT2D eigenvalue weighted by molar-refractivity contribution is 0.0601. The third-order valence-corrected chi connectivity index (χ3v) is 2.24. The van der Waals surface area contributed by atoms with E-state index >= 15 is 0 Å². The van der Waals surface area contributed by atoms with E-state index in [4.69, 9.17) is 11.7 Å². The number of anilines is 1. The highest BCUT2D eigenvalue weighted by molar-refractivity contribution is 6.02. The second-order valence-electron chi connectivity index (χ2n) is 3.28. The molecule has 0 atom stereocenters. The smallest absolute Gasteiger partial charge is 0.350 e. The maximum Gasteiger partial charge on any atom is 0.350 e. The molecular formula is C10H14N4O3. The predicted molar refractivity (Wildman–Crippen MR) is 61.9 cm³/mol. The number of rotatable bonds is 2. The number of esters is 1. The van der Waals surface area contributed by atoms with Crippen molar-refractivity contribution < 1.29 is 14.3 Å². The molecule has 2 amide bonds. The Hall–Kier alpha value is -2.12. The van der Waals surface area contributed by atoms with Crippen molar-refractivity contribution in [2.24, 2.45) is 11.7 Å².